The summed E-state index contributed by atoms with van der Waals surface area (Å²) < 4.78 is 27.9. The highest BCUT2D eigenvalue weighted by molar-refractivity contribution is 9.09. The number of halogens is 3. The number of nitrogens with one attached hydrogen (secondary N) is 1. The van der Waals surface area contributed by atoms with Gasteiger partial charge in [-0.05, 0) is 6.42 Å². The number of hydrogen-bond donors (Lipinski definition) is 1. The van der Waals surface area contributed by atoms with E-state index in [2.05, 4.69) is 32.9 Å². The van der Waals surface area contributed by atoms with Gasteiger partial charge in [-0.15, -0.1) is 0 Å². The largest absolute Gasteiger partial charge is 0.375 e. The minimum atomic E-state index is -2.47. The van der Waals surface area contributed by atoms with Gasteiger partial charge in [-0.25, -0.2) is 8.78 Å². The van der Waals surface area contributed by atoms with Crippen molar-refractivity contribution in [3.63, 3.8) is 0 Å². The van der Waals surface area contributed by atoms with E-state index in [0.29, 0.717) is 6.54 Å². The van der Waals surface area contributed by atoms with Crippen LogP contribution >= 0.6 is 15.9 Å². The lowest BCUT2D eigenvalue weighted by molar-refractivity contribution is -0.122. The lowest BCUT2D eigenvalue weighted by Crippen LogP contribution is -2.30. The molecule has 0 aromatic heterocycles. The van der Waals surface area contributed by atoms with Gasteiger partial charge in [0.2, 0.25) is 5.91 Å². The highest BCUT2D eigenvalue weighted by Gasteiger charge is 2.07. The van der Waals surface area contributed by atoms with Gasteiger partial charge in [-0.1, -0.05) is 29.3 Å². The van der Waals surface area contributed by atoms with E-state index >= 15 is 0 Å². The van der Waals surface area contributed by atoms with Crippen LogP contribution in [0, 0.1) is 0 Å². The Hall–Kier alpha value is -0.230. The molecular formula is C10H18BrF2NO2. The van der Waals surface area contributed by atoms with Crippen LogP contribution in [0.4, 0.5) is 8.78 Å². The molecule has 0 bridgehead atoms. The molecule has 0 rings (SSSR count). The number of rotatable bonds is 9. The molecule has 3 nitrogen and oxygen atoms in total. The van der Waals surface area contributed by atoms with Crippen LogP contribution in [0.2, 0.25) is 0 Å². The number of carbonyl (C=O) groups excluding carboxylic acids is 1. The summed E-state index contributed by atoms with van der Waals surface area (Å²) in [5.41, 5.74) is 0. The lowest BCUT2D eigenvalue weighted by Gasteiger charge is -2.10. The average molecular weight is 302 g/mol. The fraction of sp³-hybridized carbons (Fsp3) is 0.900. The van der Waals surface area contributed by atoms with Gasteiger partial charge in [0.05, 0.1) is 6.61 Å². The van der Waals surface area contributed by atoms with Gasteiger partial charge in [-0.2, -0.15) is 0 Å². The predicted octanol–water partition coefficient (Wildman–Crippen LogP) is 2.34. The third-order valence-corrected chi connectivity index (χ3v) is 2.62. The summed E-state index contributed by atoms with van der Waals surface area (Å²) in [6, 6.07) is 0. The molecule has 0 heterocycles. The molecule has 0 radical (unpaired) electrons. The summed E-state index contributed by atoms with van der Waals surface area (Å²) in [6.07, 6.45) is -0.316. The quantitative estimate of drug-likeness (QED) is 0.524. The second kappa shape index (κ2) is 9.96. The number of amides is 1. The first-order chi connectivity index (χ1) is 7.56. The first-order valence-corrected chi connectivity index (χ1v) is 6.24. The van der Waals surface area contributed by atoms with Crippen molar-refractivity contribution in [3.8, 4) is 0 Å². The predicted molar refractivity (Wildman–Crippen MR) is 62.1 cm³/mol. The molecule has 1 unspecified atom stereocenters. The van der Waals surface area contributed by atoms with E-state index in [9.17, 15) is 13.6 Å². The molecule has 0 fully saturated rings. The van der Waals surface area contributed by atoms with Crippen LogP contribution in [0.25, 0.3) is 0 Å². The van der Waals surface area contributed by atoms with Gasteiger partial charge in [-0.3, -0.25) is 4.79 Å². The molecule has 6 heteroatoms. The molecule has 96 valence electrons. The zero-order valence-electron chi connectivity index (χ0n) is 9.35. The van der Waals surface area contributed by atoms with Crippen molar-refractivity contribution in [1.82, 2.24) is 5.32 Å². The minimum Gasteiger partial charge on any atom is -0.375 e. The maximum Gasteiger partial charge on any atom is 0.261 e. The molecule has 0 spiro atoms. The van der Waals surface area contributed by atoms with Crippen molar-refractivity contribution in [2.24, 2.45) is 0 Å². The minimum absolute atomic E-state index is 0.0386. The van der Waals surface area contributed by atoms with Crippen molar-refractivity contribution in [2.75, 3.05) is 19.8 Å². The Bertz CT molecular complexity index is 194. The highest BCUT2D eigenvalue weighted by atomic mass is 79.9. The van der Waals surface area contributed by atoms with Gasteiger partial charge in [0.25, 0.3) is 6.43 Å². The third kappa shape index (κ3) is 10.3. The van der Waals surface area contributed by atoms with E-state index in [1.165, 1.54) is 0 Å². The van der Waals surface area contributed by atoms with Gasteiger partial charge in [0, 0.05) is 17.8 Å². The van der Waals surface area contributed by atoms with E-state index in [0.717, 1.165) is 12.8 Å². The maximum atomic E-state index is 11.7. The molecule has 0 aliphatic heterocycles. The Balaban J connectivity index is 3.37. The SMILES string of the molecule is CCCC(Br)CNC(=O)CCOCC(F)F. The molecule has 0 aliphatic rings. The Labute approximate surface area is 103 Å². The molecule has 0 saturated heterocycles. The molecule has 1 atom stereocenters. The maximum absolute atomic E-state index is 11.7. The zero-order valence-corrected chi connectivity index (χ0v) is 10.9. The van der Waals surface area contributed by atoms with Crippen molar-refractivity contribution in [2.45, 2.75) is 37.4 Å². The van der Waals surface area contributed by atoms with E-state index in [4.69, 9.17) is 0 Å². The van der Waals surface area contributed by atoms with Crippen molar-refractivity contribution in [3.05, 3.63) is 0 Å². The molecular weight excluding hydrogens is 284 g/mol. The molecule has 0 aromatic carbocycles. The topological polar surface area (TPSA) is 38.3 Å². The van der Waals surface area contributed by atoms with Gasteiger partial charge >= 0.3 is 0 Å². The van der Waals surface area contributed by atoms with Crippen LogP contribution in [0.5, 0.6) is 0 Å². The second-order valence-electron chi connectivity index (χ2n) is 3.41. The standard InChI is InChI=1S/C10H18BrF2NO2/c1-2-3-8(11)6-14-10(15)4-5-16-7-9(12)13/h8-9H,2-7H2,1H3,(H,14,15). The fourth-order valence-electron chi connectivity index (χ4n) is 1.07. The Morgan fingerprint density at radius 2 is 2.19 bits per heavy atom. The summed E-state index contributed by atoms with van der Waals surface area (Å²) in [5.74, 6) is -0.171. The van der Waals surface area contributed by atoms with Crippen LogP contribution < -0.4 is 5.32 Å². The summed E-state index contributed by atoms with van der Waals surface area (Å²) in [7, 11) is 0. The smallest absolute Gasteiger partial charge is 0.261 e. The van der Waals surface area contributed by atoms with E-state index < -0.39 is 13.0 Å². The highest BCUT2D eigenvalue weighted by Crippen LogP contribution is 2.05. The van der Waals surface area contributed by atoms with Crippen molar-refractivity contribution < 1.29 is 18.3 Å². The molecule has 0 saturated carbocycles. The first-order valence-electron chi connectivity index (χ1n) is 5.33. The number of ether oxygens (including phenoxy) is 1. The fourth-order valence-corrected chi connectivity index (χ4v) is 1.69. The van der Waals surface area contributed by atoms with Gasteiger partial charge in [0.15, 0.2) is 0 Å². The summed E-state index contributed by atoms with van der Waals surface area (Å²) in [5, 5.41) is 2.70. The van der Waals surface area contributed by atoms with Gasteiger partial charge < -0.3 is 10.1 Å². The van der Waals surface area contributed by atoms with E-state index in [1.807, 2.05) is 0 Å². The number of carbonyl (C=O) groups is 1. The van der Waals surface area contributed by atoms with Gasteiger partial charge in [0.1, 0.15) is 6.61 Å². The molecule has 0 aliphatic carbocycles. The molecule has 1 N–H and O–H groups in total. The zero-order chi connectivity index (χ0) is 12.4. The van der Waals surface area contributed by atoms with E-state index in [-0.39, 0.29) is 23.8 Å². The second-order valence-corrected chi connectivity index (χ2v) is 4.70. The molecule has 16 heavy (non-hydrogen) atoms. The average Bonchev–Trinajstić information content (AvgIpc) is 2.22. The normalized spacial score (nSPS) is 12.8. The van der Waals surface area contributed by atoms with Crippen molar-refractivity contribution >= 4 is 21.8 Å². The van der Waals surface area contributed by atoms with E-state index in [1.54, 1.807) is 0 Å². The number of hydrogen-bond acceptors (Lipinski definition) is 2. The Morgan fingerprint density at radius 3 is 2.75 bits per heavy atom. The Kier molecular flexibility index (Phi) is 9.82. The third-order valence-electron chi connectivity index (χ3n) is 1.84. The molecule has 0 aromatic rings. The lowest BCUT2D eigenvalue weighted by atomic mass is 10.2. The summed E-state index contributed by atoms with van der Waals surface area (Å²) in [6.45, 7) is 2.05. The Morgan fingerprint density at radius 1 is 1.50 bits per heavy atom. The number of alkyl halides is 3. The van der Waals surface area contributed by atoms with Crippen LogP contribution in [0.15, 0.2) is 0 Å². The van der Waals surface area contributed by atoms with Crippen LogP contribution in [0.3, 0.4) is 0 Å². The van der Waals surface area contributed by atoms with Crippen LogP contribution in [0.1, 0.15) is 26.2 Å². The summed E-state index contributed by atoms with van der Waals surface area (Å²) in [4.78, 5) is 11.5. The first kappa shape index (κ1) is 15.8. The summed E-state index contributed by atoms with van der Waals surface area (Å²) >= 11 is 3.42. The van der Waals surface area contributed by atoms with Crippen LogP contribution in [-0.4, -0.2) is 36.9 Å². The molecule has 1 amide bonds. The monoisotopic (exact) mass is 301 g/mol. The van der Waals surface area contributed by atoms with Crippen molar-refractivity contribution in [1.29, 1.82) is 0 Å². The van der Waals surface area contributed by atoms with Crippen LogP contribution in [-0.2, 0) is 9.53 Å².